The number of hydrogen-bond donors (Lipinski definition) is 1. The highest BCUT2D eigenvalue weighted by Crippen LogP contribution is 2.18. The molecule has 3 rings (SSSR count). The van der Waals surface area contributed by atoms with Gasteiger partial charge in [-0.2, -0.15) is 4.31 Å². The molecule has 1 aliphatic rings. The number of benzene rings is 2. The summed E-state index contributed by atoms with van der Waals surface area (Å²) < 4.78 is 27.0. The van der Waals surface area contributed by atoms with Crippen molar-refractivity contribution in [2.24, 2.45) is 0 Å². The SMILES string of the molecule is CSc1ccc(C[NH+]2CCN(S(=O)(=O)c3ccc(Cl)cc3)CC2)cc1. The monoisotopic (exact) mass is 397 g/mol. The van der Waals surface area contributed by atoms with E-state index in [1.165, 1.54) is 15.4 Å². The molecule has 1 fully saturated rings. The van der Waals surface area contributed by atoms with Gasteiger partial charge >= 0.3 is 0 Å². The van der Waals surface area contributed by atoms with Crippen molar-refractivity contribution in [3.63, 3.8) is 0 Å². The minimum atomic E-state index is -3.43. The number of rotatable bonds is 5. The first-order chi connectivity index (χ1) is 12.0. The van der Waals surface area contributed by atoms with Gasteiger partial charge in [0.2, 0.25) is 10.0 Å². The minimum Gasteiger partial charge on any atom is -0.329 e. The lowest BCUT2D eigenvalue weighted by Crippen LogP contribution is -3.13. The van der Waals surface area contributed by atoms with Crippen molar-refractivity contribution in [3.8, 4) is 0 Å². The van der Waals surface area contributed by atoms with Gasteiger partial charge in [-0.05, 0) is 42.7 Å². The van der Waals surface area contributed by atoms with Crippen molar-refractivity contribution in [1.29, 1.82) is 0 Å². The molecule has 4 nitrogen and oxygen atoms in total. The topological polar surface area (TPSA) is 41.8 Å². The number of nitrogens with zero attached hydrogens (tertiary/aromatic N) is 1. The van der Waals surface area contributed by atoms with Crippen LogP contribution in [0.1, 0.15) is 5.56 Å². The number of hydrogen-bond acceptors (Lipinski definition) is 3. The Balaban J connectivity index is 1.60. The molecule has 0 amide bonds. The third-order valence-corrected chi connectivity index (χ3v) is 7.40. The van der Waals surface area contributed by atoms with Crippen LogP contribution >= 0.6 is 23.4 Å². The summed E-state index contributed by atoms with van der Waals surface area (Å²) in [4.78, 5) is 2.99. The molecule has 1 saturated heterocycles. The fourth-order valence-corrected chi connectivity index (χ4v) is 4.98. The zero-order valence-corrected chi connectivity index (χ0v) is 16.5. The molecule has 1 aliphatic heterocycles. The quantitative estimate of drug-likeness (QED) is 0.786. The molecular formula is C18H22ClN2O2S2+. The zero-order chi connectivity index (χ0) is 17.9. The molecule has 1 heterocycles. The Morgan fingerprint density at radius 2 is 1.64 bits per heavy atom. The number of piperazine rings is 1. The highest BCUT2D eigenvalue weighted by molar-refractivity contribution is 7.98. The van der Waals surface area contributed by atoms with Gasteiger partial charge < -0.3 is 4.90 Å². The zero-order valence-electron chi connectivity index (χ0n) is 14.1. The lowest BCUT2D eigenvalue weighted by Gasteiger charge is -2.31. The maximum atomic E-state index is 12.7. The Bertz CT molecular complexity index is 800. The molecule has 0 aromatic heterocycles. The Kier molecular flexibility index (Phi) is 6.07. The second-order valence-electron chi connectivity index (χ2n) is 6.13. The molecule has 0 bridgehead atoms. The van der Waals surface area contributed by atoms with E-state index in [0.717, 1.165) is 19.6 Å². The first-order valence-corrected chi connectivity index (χ1v) is 11.3. The molecule has 0 spiro atoms. The van der Waals surface area contributed by atoms with Gasteiger partial charge in [-0.3, -0.25) is 0 Å². The third kappa shape index (κ3) is 4.57. The van der Waals surface area contributed by atoms with E-state index >= 15 is 0 Å². The predicted molar refractivity (Wildman–Crippen MR) is 103 cm³/mol. The number of thioether (sulfide) groups is 1. The highest BCUT2D eigenvalue weighted by Gasteiger charge is 2.30. The second-order valence-corrected chi connectivity index (χ2v) is 9.39. The van der Waals surface area contributed by atoms with Crippen LogP contribution in [0.2, 0.25) is 5.02 Å². The van der Waals surface area contributed by atoms with Crippen molar-refractivity contribution >= 4 is 33.4 Å². The van der Waals surface area contributed by atoms with Gasteiger partial charge in [0, 0.05) is 15.5 Å². The number of nitrogens with one attached hydrogen (secondary N) is 1. The van der Waals surface area contributed by atoms with Crippen LogP contribution in [0.5, 0.6) is 0 Å². The molecule has 0 unspecified atom stereocenters. The summed E-state index contributed by atoms with van der Waals surface area (Å²) in [6, 6.07) is 15.0. The van der Waals surface area contributed by atoms with E-state index < -0.39 is 10.0 Å². The molecular weight excluding hydrogens is 376 g/mol. The Morgan fingerprint density at radius 1 is 1.04 bits per heavy atom. The predicted octanol–water partition coefficient (Wildman–Crippen LogP) is 2.15. The Morgan fingerprint density at radius 3 is 2.20 bits per heavy atom. The van der Waals surface area contributed by atoms with E-state index in [1.807, 2.05) is 0 Å². The number of quaternary nitrogens is 1. The molecule has 0 saturated carbocycles. The molecule has 0 atom stereocenters. The standard InChI is InChI=1S/C18H21ClN2O2S2/c1-24-17-6-2-15(3-7-17)14-20-10-12-21(13-11-20)25(22,23)18-8-4-16(19)5-9-18/h2-9H,10-14H2,1H3/p+1. The Hall–Kier alpha value is -1.05. The lowest BCUT2D eigenvalue weighted by atomic mass is 10.2. The molecule has 2 aromatic carbocycles. The van der Waals surface area contributed by atoms with E-state index in [2.05, 4.69) is 30.5 Å². The smallest absolute Gasteiger partial charge is 0.243 e. The molecule has 134 valence electrons. The molecule has 1 N–H and O–H groups in total. The van der Waals surface area contributed by atoms with Crippen molar-refractivity contribution in [2.45, 2.75) is 16.3 Å². The van der Waals surface area contributed by atoms with E-state index in [1.54, 1.807) is 40.3 Å². The molecule has 2 aromatic rings. The average molecular weight is 398 g/mol. The van der Waals surface area contributed by atoms with E-state index in [9.17, 15) is 8.42 Å². The van der Waals surface area contributed by atoms with Gasteiger partial charge in [-0.1, -0.05) is 23.7 Å². The van der Waals surface area contributed by atoms with Crippen LogP contribution in [0.3, 0.4) is 0 Å². The second kappa shape index (κ2) is 8.10. The summed E-state index contributed by atoms with van der Waals surface area (Å²) in [5.74, 6) is 0. The maximum absolute atomic E-state index is 12.7. The van der Waals surface area contributed by atoms with Gasteiger partial charge in [0.1, 0.15) is 6.54 Å². The molecule has 25 heavy (non-hydrogen) atoms. The van der Waals surface area contributed by atoms with Crippen LogP contribution in [-0.4, -0.2) is 45.2 Å². The molecule has 0 radical (unpaired) electrons. The third-order valence-electron chi connectivity index (χ3n) is 4.49. The summed E-state index contributed by atoms with van der Waals surface area (Å²) in [7, 11) is -3.43. The fraction of sp³-hybridized carbons (Fsp3) is 0.333. The van der Waals surface area contributed by atoms with Gasteiger partial charge in [0.05, 0.1) is 31.1 Å². The van der Waals surface area contributed by atoms with Crippen molar-refractivity contribution in [2.75, 3.05) is 32.4 Å². The van der Waals surface area contributed by atoms with Gasteiger partial charge in [0.15, 0.2) is 0 Å². The summed E-state index contributed by atoms with van der Waals surface area (Å²) in [6.45, 7) is 3.66. The van der Waals surface area contributed by atoms with Gasteiger partial charge in [0.25, 0.3) is 0 Å². The van der Waals surface area contributed by atoms with Gasteiger partial charge in [-0.15, -0.1) is 11.8 Å². The fourth-order valence-electron chi connectivity index (χ4n) is 3.01. The van der Waals surface area contributed by atoms with Crippen molar-refractivity contribution < 1.29 is 13.3 Å². The van der Waals surface area contributed by atoms with Crippen molar-refractivity contribution in [3.05, 3.63) is 59.1 Å². The van der Waals surface area contributed by atoms with Crippen LogP contribution in [0, 0.1) is 0 Å². The molecule has 7 heteroatoms. The highest BCUT2D eigenvalue weighted by atomic mass is 35.5. The van der Waals surface area contributed by atoms with Crippen LogP contribution in [0.25, 0.3) is 0 Å². The average Bonchev–Trinajstić information content (AvgIpc) is 2.63. The minimum absolute atomic E-state index is 0.313. The van der Waals surface area contributed by atoms with Gasteiger partial charge in [-0.25, -0.2) is 8.42 Å². The van der Waals surface area contributed by atoms with Crippen LogP contribution in [0.15, 0.2) is 58.3 Å². The van der Waals surface area contributed by atoms with E-state index in [4.69, 9.17) is 11.6 Å². The van der Waals surface area contributed by atoms with Crippen LogP contribution in [-0.2, 0) is 16.6 Å². The summed E-state index contributed by atoms with van der Waals surface area (Å²) in [6.07, 6.45) is 2.07. The first-order valence-electron chi connectivity index (χ1n) is 8.21. The Labute approximate surface area is 158 Å². The largest absolute Gasteiger partial charge is 0.329 e. The molecule has 0 aliphatic carbocycles. The normalized spacial score (nSPS) is 16.9. The summed E-state index contributed by atoms with van der Waals surface area (Å²) in [5.41, 5.74) is 1.29. The van der Waals surface area contributed by atoms with Crippen LogP contribution in [0.4, 0.5) is 0 Å². The summed E-state index contributed by atoms with van der Waals surface area (Å²) >= 11 is 7.59. The van der Waals surface area contributed by atoms with Crippen LogP contribution < -0.4 is 4.90 Å². The lowest BCUT2D eigenvalue weighted by molar-refractivity contribution is -0.917. The first kappa shape index (κ1) is 18.7. The number of sulfonamides is 1. The van der Waals surface area contributed by atoms with E-state index in [-0.39, 0.29) is 0 Å². The maximum Gasteiger partial charge on any atom is 0.243 e. The van der Waals surface area contributed by atoms with E-state index in [0.29, 0.717) is 23.0 Å². The van der Waals surface area contributed by atoms with Crippen molar-refractivity contribution in [1.82, 2.24) is 4.31 Å². The number of halogens is 1. The summed E-state index contributed by atoms with van der Waals surface area (Å²) in [5, 5.41) is 0.542.